The second-order valence-corrected chi connectivity index (χ2v) is 5.63. The van der Waals surface area contributed by atoms with Crippen molar-refractivity contribution in [2.24, 2.45) is 0 Å². The van der Waals surface area contributed by atoms with Gasteiger partial charge in [-0.05, 0) is 42.5 Å². The highest BCUT2D eigenvalue weighted by atomic mass is 35.5. The maximum absolute atomic E-state index is 13.0. The molecule has 0 radical (unpaired) electrons. The lowest BCUT2D eigenvalue weighted by Gasteiger charge is -2.04. The van der Waals surface area contributed by atoms with E-state index in [0.717, 1.165) is 17.4 Å². The molecule has 128 valence electrons. The minimum absolute atomic E-state index is 0.0524. The highest BCUT2D eigenvalue weighted by Gasteiger charge is 2.12. The van der Waals surface area contributed by atoms with Gasteiger partial charge in [0.05, 0.1) is 24.2 Å². The monoisotopic (exact) mass is 360 g/mol. The average Bonchev–Trinajstić information content (AvgIpc) is 3.09. The Bertz CT molecular complexity index is 894. The minimum Gasteiger partial charge on any atom is -0.497 e. The molecule has 1 aromatic heterocycles. The third-order valence-corrected chi connectivity index (χ3v) is 3.85. The molecule has 5 nitrogen and oxygen atoms in total. The highest BCUT2D eigenvalue weighted by Crippen LogP contribution is 2.23. The second-order valence-electron chi connectivity index (χ2n) is 5.22. The number of aromatic nitrogens is 1. The minimum atomic E-state index is -0.498. The molecule has 7 heteroatoms. The zero-order valence-corrected chi connectivity index (χ0v) is 14.0. The first-order valence-corrected chi connectivity index (χ1v) is 7.78. The smallest absolute Gasteiger partial charge is 0.253 e. The van der Waals surface area contributed by atoms with Crippen LogP contribution in [0.4, 0.5) is 4.39 Å². The van der Waals surface area contributed by atoms with Gasteiger partial charge < -0.3 is 14.6 Å². The van der Waals surface area contributed by atoms with E-state index in [9.17, 15) is 9.18 Å². The number of halogens is 2. The summed E-state index contributed by atoms with van der Waals surface area (Å²) in [5.74, 6) is 0.403. The topological polar surface area (TPSA) is 64.4 Å². The lowest BCUT2D eigenvalue weighted by molar-refractivity contribution is 0.0950. The number of nitrogens with one attached hydrogen (secondary N) is 1. The van der Waals surface area contributed by atoms with Crippen LogP contribution in [0.1, 0.15) is 16.1 Å². The molecular weight excluding hydrogens is 347 g/mol. The molecule has 0 bridgehead atoms. The van der Waals surface area contributed by atoms with Crippen molar-refractivity contribution in [2.75, 3.05) is 7.11 Å². The molecule has 0 unspecified atom stereocenters. The number of carbonyl (C=O) groups excluding carboxylic acids is 1. The van der Waals surface area contributed by atoms with Crippen LogP contribution >= 0.6 is 11.6 Å². The Balaban J connectivity index is 1.66. The van der Waals surface area contributed by atoms with Gasteiger partial charge in [0.25, 0.3) is 5.91 Å². The summed E-state index contributed by atoms with van der Waals surface area (Å²) in [5.41, 5.74) is 1.59. The maximum atomic E-state index is 13.0. The molecule has 1 amide bonds. The highest BCUT2D eigenvalue weighted by molar-refractivity contribution is 6.33. The summed E-state index contributed by atoms with van der Waals surface area (Å²) in [5, 5.41) is 6.65. The first-order valence-electron chi connectivity index (χ1n) is 7.40. The lowest BCUT2D eigenvalue weighted by Crippen LogP contribution is -2.23. The quantitative estimate of drug-likeness (QED) is 0.744. The molecule has 2 aromatic carbocycles. The molecular formula is C18H14ClFN2O3. The van der Waals surface area contributed by atoms with Crippen LogP contribution in [0.25, 0.3) is 11.3 Å². The third kappa shape index (κ3) is 3.97. The van der Waals surface area contributed by atoms with Crippen molar-refractivity contribution in [2.45, 2.75) is 6.54 Å². The van der Waals surface area contributed by atoms with Crippen molar-refractivity contribution in [1.29, 1.82) is 0 Å². The maximum Gasteiger partial charge on any atom is 0.253 e. The molecule has 0 spiro atoms. The van der Waals surface area contributed by atoms with Crippen LogP contribution in [0.5, 0.6) is 5.75 Å². The van der Waals surface area contributed by atoms with Gasteiger partial charge in [-0.2, -0.15) is 0 Å². The Kier molecular flexibility index (Phi) is 5.00. The standard InChI is InChI=1S/C18H14ClFN2O3/c1-24-14-5-2-11(3-6-14)17-9-13(22-25-17)10-21-18(23)15-7-4-12(20)8-16(15)19/h2-9H,10H2,1H3,(H,21,23). The van der Waals surface area contributed by atoms with Gasteiger partial charge in [-0.25, -0.2) is 4.39 Å². The predicted octanol–water partition coefficient (Wildman–Crippen LogP) is 4.07. The van der Waals surface area contributed by atoms with Crippen LogP contribution in [0.3, 0.4) is 0 Å². The van der Waals surface area contributed by atoms with Gasteiger partial charge in [0.2, 0.25) is 0 Å². The molecule has 1 N–H and O–H groups in total. The summed E-state index contributed by atoms with van der Waals surface area (Å²) in [6, 6.07) is 12.7. The van der Waals surface area contributed by atoms with Gasteiger partial charge in [-0.15, -0.1) is 0 Å². The van der Waals surface area contributed by atoms with E-state index in [0.29, 0.717) is 11.5 Å². The van der Waals surface area contributed by atoms with Gasteiger partial charge in [0.1, 0.15) is 17.3 Å². The predicted molar refractivity (Wildman–Crippen MR) is 91.1 cm³/mol. The van der Waals surface area contributed by atoms with Crippen LogP contribution in [0.2, 0.25) is 5.02 Å². The van der Waals surface area contributed by atoms with Crippen LogP contribution in [0.15, 0.2) is 53.1 Å². The van der Waals surface area contributed by atoms with Crippen LogP contribution in [-0.4, -0.2) is 18.2 Å². The number of benzene rings is 2. The first-order chi connectivity index (χ1) is 12.1. The van der Waals surface area contributed by atoms with Gasteiger partial charge in [0.15, 0.2) is 5.76 Å². The average molecular weight is 361 g/mol. The molecule has 3 aromatic rings. The Morgan fingerprint density at radius 1 is 1.24 bits per heavy atom. The van der Waals surface area contributed by atoms with E-state index in [-0.39, 0.29) is 17.1 Å². The van der Waals surface area contributed by atoms with Crippen molar-refractivity contribution in [1.82, 2.24) is 10.5 Å². The van der Waals surface area contributed by atoms with Crippen molar-refractivity contribution < 1.29 is 18.4 Å². The third-order valence-electron chi connectivity index (χ3n) is 3.54. The molecule has 1 heterocycles. The number of ether oxygens (including phenoxy) is 1. The van der Waals surface area contributed by atoms with Crippen molar-refractivity contribution in [3.05, 3.63) is 70.6 Å². The molecule has 0 aliphatic carbocycles. The number of carbonyl (C=O) groups is 1. The fourth-order valence-electron chi connectivity index (χ4n) is 2.23. The fourth-order valence-corrected chi connectivity index (χ4v) is 2.48. The SMILES string of the molecule is COc1ccc(-c2cc(CNC(=O)c3ccc(F)cc3Cl)no2)cc1. The largest absolute Gasteiger partial charge is 0.497 e. The first kappa shape index (κ1) is 17.0. The van der Waals surface area contributed by atoms with Crippen LogP contribution < -0.4 is 10.1 Å². The summed E-state index contributed by atoms with van der Waals surface area (Å²) in [6.07, 6.45) is 0. The second kappa shape index (κ2) is 7.36. The number of hydrogen-bond donors (Lipinski definition) is 1. The Morgan fingerprint density at radius 2 is 2.00 bits per heavy atom. The van der Waals surface area contributed by atoms with Crippen LogP contribution in [-0.2, 0) is 6.54 Å². The number of rotatable bonds is 5. The number of amides is 1. The van der Waals surface area contributed by atoms with E-state index in [1.165, 1.54) is 12.1 Å². The summed E-state index contributed by atoms with van der Waals surface area (Å²) in [4.78, 5) is 12.1. The molecule has 0 aliphatic rings. The molecule has 0 saturated carbocycles. The van der Waals surface area contributed by atoms with E-state index in [2.05, 4.69) is 10.5 Å². The Hall–Kier alpha value is -2.86. The summed E-state index contributed by atoms with van der Waals surface area (Å²) < 4.78 is 23.4. The zero-order valence-electron chi connectivity index (χ0n) is 13.3. The molecule has 0 saturated heterocycles. The van der Waals surface area contributed by atoms with Crippen LogP contribution in [0, 0.1) is 5.82 Å². The van der Waals surface area contributed by atoms with Crippen molar-refractivity contribution in [3.63, 3.8) is 0 Å². The fraction of sp³-hybridized carbons (Fsp3) is 0.111. The lowest BCUT2D eigenvalue weighted by atomic mass is 10.1. The van der Waals surface area contributed by atoms with E-state index in [1.807, 2.05) is 24.3 Å². The Labute approximate surface area is 148 Å². The molecule has 0 fully saturated rings. The Morgan fingerprint density at radius 3 is 2.68 bits per heavy atom. The van der Waals surface area contributed by atoms with Gasteiger partial charge in [-0.1, -0.05) is 16.8 Å². The summed E-state index contributed by atoms with van der Waals surface area (Å²) in [6.45, 7) is 0.159. The van der Waals surface area contributed by atoms with E-state index >= 15 is 0 Å². The van der Waals surface area contributed by atoms with Gasteiger partial charge in [-0.3, -0.25) is 4.79 Å². The summed E-state index contributed by atoms with van der Waals surface area (Å²) in [7, 11) is 1.59. The van der Waals surface area contributed by atoms with Gasteiger partial charge in [0, 0.05) is 11.6 Å². The zero-order chi connectivity index (χ0) is 17.8. The van der Waals surface area contributed by atoms with E-state index in [4.69, 9.17) is 20.9 Å². The number of methoxy groups -OCH3 is 1. The van der Waals surface area contributed by atoms with E-state index < -0.39 is 11.7 Å². The van der Waals surface area contributed by atoms with Crippen molar-refractivity contribution in [3.8, 4) is 17.1 Å². The van der Waals surface area contributed by atoms with Crippen molar-refractivity contribution >= 4 is 17.5 Å². The molecule has 3 rings (SSSR count). The molecule has 0 atom stereocenters. The molecule has 0 aliphatic heterocycles. The number of nitrogens with zero attached hydrogens (tertiary/aromatic N) is 1. The normalized spacial score (nSPS) is 10.5. The number of hydrogen-bond acceptors (Lipinski definition) is 4. The summed E-state index contributed by atoms with van der Waals surface area (Å²) >= 11 is 5.87. The van der Waals surface area contributed by atoms with E-state index in [1.54, 1.807) is 13.2 Å². The van der Waals surface area contributed by atoms with Gasteiger partial charge >= 0.3 is 0 Å². The molecule has 25 heavy (non-hydrogen) atoms.